The minimum absolute atomic E-state index is 0.131. The first-order valence-corrected chi connectivity index (χ1v) is 7.44. The van der Waals surface area contributed by atoms with Crippen LogP contribution in [0.1, 0.15) is 35.8 Å². The molecule has 4 nitrogen and oxygen atoms in total. The van der Waals surface area contributed by atoms with Gasteiger partial charge in [-0.15, -0.1) is 0 Å². The summed E-state index contributed by atoms with van der Waals surface area (Å²) in [6.07, 6.45) is 2.16. The number of rotatable bonds is 2. The number of fused-ring (bicyclic) bond motifs is 1. The smallest absolute Gasteiger partial charge is 0.308 e. The predicted molar refractivity (Wildman–Crippen MR) is 83.3 cm³/mol. The Bertz CT molecular complexity index is 770. The topological polar surface area (TPSA) is 56.3 Å². The van der Waals surface area contributed by atoms with Crippen molar-refractivity contribution in [1.82, 2.24) is 4.98 Å². The molecule has 0 spiro atoms. The average molecular weight is 316 g/mol. The molecule has 0 bridgehead atoms. The van der Waals surface area contributed by atoms with Gasteiger partial charge in [0.15, 0.2) is 5.78 Å². The van der Waals surface area contributed by atoms with Crippen molar-refractivity contribution in [2.45, 2.75) is 26.2 Å². The Balaban J connectivity index is 2.09. The molecule has 0 N–H and O–H groups in total. The highest BCUT2D eigenvalue weighted by atomic mass is 35.5. The Morgan fingerprint density at radius 2 is 2.00 bits per heavy atom. The summed E-state index contributed by atoms with van der Waals surface area (Å²) in [7, 11) is 0. The maximum absolute atomic E-state index is 11.9. The summed E-state index contributed by atoms with van der Waals surface area (Å²) < 4.78 is 5.22. The van der Waals surface area contributed by atoms with Gasteiger partial charge in [-0.3, -0.25) is 14.6 Å². The number of ketones is 1. The lowest BCUT2D eigenvalue weighted by atomic mass is 9.94. The van der Waals surface area contributed by atoms with Crippen molar-refractivity contribution in [3.63, 3.8) is 0 Å². The molecule has 5 heteroatoms. The summed E-state index contributed by atoms with van der Waals surface area (Å²) in [6, 6.07) is 8.56. The Morgan fingerprint density at radius 1 is 1.18 bits per heavy atom. The van der Waals surface area contributed by atoms with Gasteiger partial charge in [0.25, 0.3) is 0 Å². The third-order valence-corrected chi connectivity index (χ3v) is 3.80. The number of hydrogen-bond acceptors (Lipinski definition) is 4. The number of Topliss-reactive ketones (excluding diaryl/α,β-unsaturated/α-hetero) is 1. The SMILES string of the molecule is CC(=O)Oc1ccc(Cl)cc1-c1ccc2c(n1)CCCC2=O. The fourth-order valence-corrected chi connectivity index (χ4v) is 2.77. The van der Waals surface area contributed by atoms with E-state index < -0.39 is 5.97 Å². The van der Waals surface area contributed by atoms with E-state index in [1.807, 2.05) is 0 Å². The minimum Gasteiger partial charge on any atom is -0.426 e. The number of hydrogen-bond donors (Lipinski definition) is 0. The van der Waals surface area contributed by atoms with Crippen LogP contribution in [0.2, 0.25) is 5.02 Å². The van der Waals surface area contributed by atoms with Gasteiger partial charge >= 0.3 is 5.97 Å². The molecular weight excluding hydrogens is 302 g/mol. The van der Waals surface area contributed by atoms with Crippen LogP contribution in [0.4, 0.5) is 0 Å². The van der Waals surface area contributed by atoms with E-state index in [9.17, 15) is 9.59 Å². The number of pyridine rings is 1. The monoisotopic (exact) mass is 315 g/mol. The first-order chi connectivity index (χ1) is 10.5. The van der Waals surface area contributed by atoms with Crippen molar-refractivity contribution in [2.75, 3.05) is 0 Å². The van der Waals surface area contributed by atoms with Crippen molar-refractivity contribution >= 4 is 23.4 Å². The zero-order chi connectivity index (χ0) is 15.7. The number of carbonyl (C=O) groups excluding carboxylic acids is 2. The van der Waals surface area contributed by atoms with Gasteiger partial charge in [0.05, 0.1) is 11.4 Å². The van der Waals surface area contributed by atoms with Crippen molar-refractivity contribution < 1.29 is 14.3 Å². The van der Waals surface area contributed by atoms with Crippen molar-refractivity contribution in [2.24, 2.45) is 0 Å². The molecular formula is C17H14ClNO3. The fraction of sp³-hybridized carbons (Fsp3) is 0.235. The molecule has 3 rings (SSSR count). The number of aromatic nitrogens is 1. The van der Waals surface area contributed by atoms with E-state index in [0.717, 1.165) is 18.5 Å². The Kier molecular flexibility index (Phi) is 3.94. The number of esters is 1. The molecule has 0 amide bonds. The number of nitrogens with zero attached hydrogens (tertiary/aromatic N) is 1. The lowest BCUT2D eigenvalue weighted by Crippen LogP contribution is -2.13. The molecule has 112 valence electrons. The van der Waals surface area contributed by atoms with E-state index in [4.69, 9.17) is 16.3 Å². The number of ether oxygens (including phenoxy) is 1. The van der Waals surface area contributed by atoms with Crippen LogP contribution in [0.5, 0.6) is 5.75 Å². The van der Waals surface area contributed by atoms with Crippen LogP contribution in [0.3, 0.4) is 0 Å². The van der Waals surface area contributed by atoms with Gasteiger partial charge in [0, 0.05) is 29.5 Å². The first kappa shape index (κ1) is 14.7. The molecule has 0 fully saturated rings. The van der Waals surface area contributed by atoms with Gasteiger partial charge in [-0.1, -0.05) is 11.6 Å². The second-order valence-corrected chi connectivity index (χ2v) is 5.64. The second kappa shape index (κ2) is 5.89. The average Bonchev–Trinajstić information content (AvgIpc) is 2.48. The number of aryl methyl sites for hydroxylation is 1. The highest BCUT2D eigenvalue weighted by Gasteiger charge is 2.20. The molecule has 0 aliphatic heterocycles. The van der Waals surface area contributed by atoms with Gasteiger partial charge in [0.2, 0.25) is 0 Å². The van der Waals surface area contributed by atoms with E-state index in [-0.39, 0.29) is 5.78 Å². The van der Waals surface area contributed by atoms with Crippen molar-refractivity contribution in [1.29, 1.82) is 0 Å². The normalized spacial score (nSPS) is 13.6. The third-order valence-electron chi connectivity index (χ3n) is 3.56. The largest absolute Gasteiger partial charge is 0.426 e. The van der Waals surface area contributed by atoms with E-state index in [1.54, 1.807) is 30.3 Å². The van der Waals surface area contributed by atoms with Crippen LogP contribution in [0.15, 0.2) is 30.3 Å². The van der Waals surface area contributed by atoms with Crippen LogP contribution < -0.4 is 4.74 Å². The molecule has 1 aromatic heterocycles. The maximum atomic E-state index is 11.9. The van der Waals surface area contributed by atoms with Crippen molar-refractivity contribution in [3.8, 4) is 17.0 Å². The van der Waals surface area contributed by atoms with Crippen LogP contribution in [0, 0.1) is 0 Å². The Labute approximate surface area is 133 Å². The highest BCUT2D eigenvalue weighted by molar-refractivity contribution is 6.31. The molecule has 2 aromatic rings. The number of carbonyl (C=O) groups is 2. The maximum Gasteiger partial charge on any atom is 0.308 e. The van der Waals surface area contributed by atoms with Gasteiger partial charge in [-0.05, 0) is 43.2 Å². The summed E-state index contributed by atoms with van der Waals surface area (Å²) in [5.74, 6) is 0.134. The van der Waals surface area contributed by atoms with Crippen LogP contribution in [-0.4, -0.2) is 16.7 Å². The van der Waals surface area contributed by atoms with Gasteiger partial charge in [0.1, 0.15) is 5.75 Å². The first-order valence-electron chi connectivity index (χ1n) is 7.06. The summed E-state index contributed by atoms with van der Waals surface area (Å²) in [4.78, 5) is 27.7. The summed E-state index contributed by atoms with van der Waals surface area (Å²) in [5.41, 5.74) is 2.77. The lowest BCUT2D eigenvalue weighted by Gasteiger charge is -2.15. The quantitative estimate of drug-likeness (QED) is 0.624. The number of benzene rings is 1. The second-order valence-electron chi connectivity index (χ2n) is 5.20. The molecule has 0 saturated carbocycles. The van der Waals surface area contributed by atoms with E-state index in [1.165, 1.54) is 6.92 Å². The van der Waals surface area contributed by atoms with Crippen LogP contribution in [-0.2, 0) is 11.2 Å². The summed E-state index contributed by atoms with van der Waals surface area (Å²) >= 11 is 6.05. The molecule has 0 saturated heterocycles. The van der Waals surface area contributed by atoms with Gasteiger partial charge in [-0.2, -0.15) is 0 Å². The van der Waals surface area contributed by atoms with Gasteiger partial charge in [-0.25, -0.2) is 0 Å². The zero-order valence-electron chi connectivity index (χ0n) is 12.1. The molecule has 0 unspecified atom stereocenters. The van der Waals surface area contributed by atoms with Crippen molar-refractivity contribution in [3.05, 3.63) is 46.6 Å². The van der Waals surface area contributed by atoms with Crippen LogP contribution in [0.25, 0.3) is 11.3 Å². The molecule has 1 aliphatic rings. The van der Waals surface area contributed by atoms with Crippen LogP contribution >= 0.6 is 11.6 Å². The number of halogens is 1. The Hall–Kier alpha value is -2.20. The van der Waals surface area contributed by atoms with E-state index in [0.29, 0.717) is 34.0 Å². The fourth-order valence-electron chi connectivity index (χ4n) is 2.59. The highest BCUT2D eigenvalue weighted by Crippen LogP contribution is 2.33. The molecule has 1 heterocycles. The molecule has 0 atom stereocenters. The van der Waals surface area contributed by atoms with E-state index >= 15 is 0 Å². The molecule has 0 radical (unpaired) electrons. The van der Waals surface area contributed by atoms with E-state index in [2.05, 4.69) is 4.98 Å². The molecule has 1 aromatic carbocycles. The molecule has 1 aliphatic carbocycles. The lowest BCUT2D eigenvalue weighted by molar-refractivity contribution is -0.131. The zero-order valence-corrected chi connectivity index (χ0v) is 12.8. The predicted octanol–water partition coefficient (Wildman–Crippen LogP) is 3.85. The summed E-state index contributed by atoms with van der Waals surface area (Å²) in [5, 5.41) is 0.529. The van der Waals surface area contributed by atoms with Gasteiger partial charge < -0.3 is 4.74 Å². The third kappa shape index (κ3) is 2.88. The Morgan fingerprint density at radius 3 is 2.77 bits per heavy atom. The molecule has 22 heavy (non-hydrogen) atoms. The summed E-state index contributed by atoms with van der Waals surface area (Å²) in [6.45, 7) is 1.34. The minimum atomic E-state index is -0.406. The standard InChI is InChI=1S/C17H14ClNO3/c1-10(20)22-17-8-5-11(18)9-13(17)15-7-6-12-14(19-15)3-2-4-16(12)21/h5-9H,2-4H2,1H3.